The summed E-state index contributed by atoms with van der Waals surface area (Å²) in [6.07, 6.45) is 7.61. The molecule has 2 heterocycles. The summed E-state index contributed by atoms with van der Waals surface area (Å²) in [5, 5.41) is 11.3. The summed E-state index contributed by atoms with van der Waals surface area (Å²) in [6, 6.07) is 8.07. The van der Waals surface area contributed by atoms with Gasteiger partial charge in [0.2, 0.25) is 17.6 Å². The Bertz CT molecular complexity index is 1040. The van der Waals surface area contributed by atoms with E-state index in [0.717, 1.165) is 18.4 Å². The van der Waals surface area contributed by atoms with Gasteiger partial charge < -0.3 is 20.3 Å². The Labute approximate surface area is 234 Å². The second kappa shape index (κ2) is 16.3. The Morgan fingerprint density at radius 2 is 1.65 bits per heavy atom. The summed E-state index contributed by atoms with van der Waals surface area (Å²) in [5.74, 6) is -1.30. The molecule has 1 amide bonds. The lowest BCUT2D eigenvalue weighted by atomic mass is 10.0. The first-order chi connectivity index (χ1) is 18.9. The molecule has 0 radical (unpaired) electrons. The second-order valence-electron chi connectivity index (χ2n) is 10.7. The second-order valence-corrected chi connectivity index (χ2v) is 10.7. The molecule has 1 fully saturated rings. The van der Waals surface area contributed by atoms with Gasteiger partial charge in [-0.3, -0.25) is 4.79 Å². The van der Waals surface area contributed by atoms with E-state index in [0.29, 0.717) is 24.8 Å². The molecule has 0 aliphatic carbocycles. The molecule has 1 aliphatic heterocycles. The van der Waals surface area contributed by atoms with Crippen LogP contribution in [0.1, 0.15) is 95.9 Å². The molecule has 1 aromatic heterocycles. The number of rotatable bonds is 13. The molecule has 11 heteroatoms. The molecule has 0 bridgehead atoms. The predicted molar refractivity (Wildman–Crippen MR) is 146 cm³/mol. The summed E-state index contributed by atoms with van der Waals surface area (Å²) < 4.78 is 37.3. The lowest BCUT2D eigenvalue weighted by Crippen LogP contribution is -2.45. The number of aryl methyl sites for hydroxylation is 1. The average Bonchev–Trinajstić information content (AvgIpc) is 3.60. The zero-order valence-corrected chi connectivity index (χ0v) is 23.8. The lowest BCUT2D eigenvalue weighted by Gasteiger charge is -2.22. The molecule has 40 heavy (non-hydrogen) atoms. The number of carbonyl (C=O) groups excluding carboxylic acids is 1. The summed E-state index contributed by atoms with van der Waals surface area (Å²) in [4.78, 5) is 27.9. The number of unbranched alkanes of at least 4 members (excludes halogenated alkanes) is 7. The minimum absolute atomic E-state index is 0.0133. The maximum Gasteiger partial charge on any atom is 0.490 e. The van der Waals surface area contributed by atoms with Crippen molar-refractivity contribution in [2.45, 2.75) is 103 Å². The fraction of sp³-hybridized carbons (Fsp3) is 0.655. The van der Waals surface area contributed by atoms with Crippen molar-refractivity contribution < 1.29 is 32.4 Å². The van der Waals surface area contributed by atoms with Gasteiger partial charge in [-0.1, -0.05) is 95.1 Å². The molecular weight excluding hydrogens is 525 g/mol. The van der Waals surface area contributed by atoms with E-state index in [1.54, 1.807) is 0 Å². The van der Waals surface area contributed by atoms with Gasteiger partial charge in [-0.25, -0.2) is 4.79 Å². The van der Waals surface area contributed by atoms with Crippen LogP contribution in [0.2, 0.25) is 0 Å². The van der Waals surface area contributed by atoms with Crippen LogP contribution in [-0.4, -0.2) is 57.3 Å². The highest BCUT2D eigenvalue weighted by Gasteiger charge is 2.38. The van der Waals surface area contributed by atoms with E-state index in [9.17, 15) is 18.0 Å². The van der Waals surface area contributed by atoms with Crippen molar-refractivity contribution in [3.63, 3.8) is 0 Å². The van der Waals surface area contributed by atoms with Gasteiger partial charge in [-0.2, -0.15) is 18.2 Å². The Hall–Kier alpha value is -2.95. The standard InChI is InChI=1S/C27H42N4O2.C2HF3O2/c1-4-5-6-7-8-9-10-11-12-21-13-15-22(16-14-21)25-29-26(33-30-25)23-17-18-31(19-23)27(32)24(28)20(2)3;3-2(4,5)1(6)7/h13-16,20,23-24H,4-12,17-19,28H2,1-3H3;(H,6,7)/t23-,24?;/m1./s1. The average molecular weight is 569 g/mol. The number of nitrogens with two attached hydrogens (primary N) is 1. The van der Waals surface area contributed by atoms with Gasteiger partial charge in [0.25, 0.3) is 0 Å². The molecule has 3 rings (SSSR count). The molecular formula is C29H43F3N4O4. The maximum absolute atomic E-state index is 12.5. The Morgan fingerprint density at radius 3 is 2.20 bits per heavy atom. The van der Waals surface area contributed by atoms with Crippen molar-refractivity contribution >= 4 is 11.9 Å². The van der Waals surface area contributed by atoms with Crippen molar-refractivity contribution in [2.24, 2.45) is 11.7 Å². The number of likely N-dealkylation sites (tertiary alicyclic amines) is 1. The van der Waals surface area contributed by atoms with Crippen LogP contribution in [0.4, 0.5) is 13.2 Å². The van der Waals surface area contributed by atoms with Crippen LogP contribution >= 0.6 is 0 Å². The molecule has 1 aromatic carbocycles. The van der Waals surface area contributed by atoms with Crippen molar-refractivity contribution in [3.05, 3.63) is 35.7 Å². The highest BCUT2D eigenvalue weighted by Crippen LogP contribution is 2.28. The number of alkyl halides is 3. The van der Waals surface area contributed by atoms with Crippen molar-refractivity contribution in [1.29, 1.82) is 0 Å². The van der Waals surface area contributed by atoms with Gasteiger partial charge in [-0.05, 0) is 30.7 Å². The summed E-state index contributed by atoms with van der Waals surface area (Å²) in [6.45, 7) is 7.50. The highest BCUT2D eigenvalue weighted by molar-refractivity contribution is 5.82. The fourth-order valence-electron chi connectivity index (χ4n) is 4.46. The number of aliphatic carboxylic acids is 1. The Balaban J connectivity index is 0.000000708. The number of aromatic nitrogens is 2. The zero-order valence-electron chi connectivity index (χ0n) is 23.8. The first-order valence-electron chi connectivity index (χ1n) is 14.2. The number of halogens is 3. The number of carbonyl (C=O) groups is 2. The summed E-state index contributed by atoms with van der Waals surface area (Å²) >= 11 is 0. The van der Waals surface area contributed by atoms with Crippen LogP contribution in [0.5, 0.6) is 0 Å². The quantitative estimate of drug-likeness (QED) is 0.270. The first-order valence-corrected chi connectivity index (χ1v) is 14.2. The number of amides is 1. The Kier molecular flexibility index (Phi) is 13.6. The molecule has 2 aromatic rings. The van der Waals surface area contributed by atoms with Crippen LogP contribution in [-0.2, 0) is 16.0 Å². The van der Waals surface area contributed by atoms with E-state index in [2.05, 4.69) is 41.3 Å². The number of nitrogens with zero attached hydrogens (tertiary/aromatic N) is 3. The smallest absolute Gasteiger partial charge is 0.475 e. The molecule has 1 saturated heterocycles. The van der Waals surface area contributed by atoms with Gasteiger partial charge in [-0.15, -0.1) is 0 Å². The number of hydrogen-bond acceptors (Lipinski definition) is 6. The minimum atomic E-state index is -5.08. The van der Waals surface area contributed by atoms with E-state index in [4.69, 9.17) is 20.2 Å². The van der Waals surface area contributed by atoms with Gasteiger partial charge >= 0.3 is 12.1 Å². The van der Waals surface area contributed by atoms with Crippen LogP contribution in [0, 0.1) is 5.92 Å². The third-order valence-electron chi connectivity index (χ3n) is 7.07. The van der Waals surface area contributed by atoms with Gasteiger partial charge in [0.1, 0.15) is 0 Å². The minimum Gasteiger partial charge on any atom is -0.475 e. The summed E-state index contributed by atoms with van der Waals surface area (Å²) in [7, 11) is 0. The zero-order chi connectivity index (χ0) is 29.7. The van der Waals surface area contributed by atoms with E-state index in [1.807, 2.05) is 18.7 Å². The number of hydrogen-bond donors (Lipinski definition) is 2. The maximum atomic E-state index is 12.5. The van der Waals surface area contributed by atoms with Crippen LogP contribution in [0.25, 0.3) is 11.4 Å². The number of carboxylic acids is 1. The topological polar surface area (TPSA) is 123 Å². The van der Waals surface area contributed by atoms with E-state index < -0.39 is 18.2 Å². The third kappa shape index (κ3) is 10.9. The van der Waals surface area contributed by atoms with Gasteiger partial charge in [0.05, 0.1) is 12.0 Å². The summed E-state index contributed by atoms with van der Waals surface area (Å²) in [5.41, 5.74) is 8.37. The van der Waals surface area contributed by atoms with Crippen LogP contribution in [0.3, 0.4) is 0 Å². The molecule has 224 valence electrons. The molecule has 3 N–H and O–H groups in total. The molecule has 1 unspecified atom stereocenters. The van der Waals surface area contributed by atoms with Gasteiger partial charge in [0.15, 0.2) is 0 Å². The van der Waals surface area contributed by atoms with Crippen molar-refractivity contribution in [1.82, 2.24) is 15.0 Å². The van der Waals surface area contributed by atoms with E-state index in [-0.39, 0.29) is 17.7 Å². The van der Waals surface area contributed by atoms with Crippen LogP contribution in [0.15, 0.2) is 28.8 Å². The molecule has 0 saturated carbocycles. The van der Waals surface area contributed by atoms with Crippen molar-refractivity contribution in [3.8, 4) is 11.4 Å². The van der Waals surface area contributed by atoms with Gasteiger partial charge in [0, 0.05) is 18.7 Å². The number of benzene rings is 1. The SMILES string of the molecule is CCCCCCCCCCc1ccc(-c2noc([C@@H]3CCN(C(=O)C(N)C(C)C)C3)n2)cc1.O=C(O)C(F)(F)F. The lowest BCUT2D eigenvalue weighted by molar-refractivity contribution is -0.192. The largest absolute Gasteiger partial charge is 0.490 e. The molecule has 0 spiro atoms. The monoisotopic (exact) mass is 568 g/mol. The predicted octanol–water partition coefficient (Wildman–Crippen LogP) is 6.35. The molecule has 1 aliphatic rings. The van der Waals surface area contributed by atoms with E-state index in [1.165, 1.54) is 56.9 Å². The molecule has 2 atom stereocenters. The fourth-order valence-corrected chi connectivity index (χ4v) is 4.46. The highest BCUT2D eigenvalue weighted by atomic mass is 19.4. The Morgan fingerprint density at radius 1 is 1.07 bits per heavy atom. The molecule has 8 nitrogen and oxygen atoms in total. The van der Waals surface area contributed by atoms with E-state index >= 15 is 0 Å². The third-order valence-corrected chi connectivity index (χ3v) is 7.07. The van der Waals surface area contributed by atoms with Crippen molar-refractivity contribution in [2.75, 3.05) is 13.1 Å². The number of carboxylic acid groups (broad SMARTS) is 1. The first kappa shape index (κ1) is 33.3. The van der Waals surface area contributed by atoms with Crippen LogP contribution < -0.4 is 5.73 Å². The normalized spacial score (nSPS) is 16.1.